The first-order valence-corrected chi connectivity index (χ1v) is 9.87. The number of benzene rings is 2. The van der Waals surface area contributed by atoms with Crippen LogP contribution in [0.3, 0.4) is 0 Å². The van der Waals surface area contributed by atoms with E-state index in [1.54, 1.807) is 0 Å². The molecule has 1 aliphatic carbocycles. The van der Waals surface area contributed by atoms with Crippen LogP contribution in [0.5, 0.6) is 0 Å². The molecule has 1 aliphatic rings. The zero-order valence-electron chi connectivity index (χ0n) is 16.0. The molecule has 8 nitrogen and oxygen atoms in total. The quantitative estimate of drug-likeness (QED) is 0.480. The third-order valence-corrected chi connectivity index (χ3v) is 5.64. The lowest BCUT2D eigenvalue weighted by Gasteiger charge is -2.14. The Morgan fingerprint density at radius 1 is 1.03 bits per heavy atom. The molecule has 0 bridgehead atoms. The lowest BCUT2D eigenvalue weighted by atomic mass is 10.1. The summed E-state index contributed by atoms with van der Waals surface area (Å²) < 4.78 is 2.13. The molecule has 0 saturated heterocycles. The molecule has 0 unspecified atom stereocenters. The number of aryl methyl sites for hydroxylation is 1. The van der Waals surface area contributed by atoms with Crippen LogP contribution in [0.4, 0.5) is 11.5 Å². The van der Waals surface area contributed by atoms with Gasteiger partial charge in [0.1, 0.15) is 5.82 Å². The molecule has 2 N–H and O–H groups in total. The van der Waals surface area contributed by atoms with E-state index in [0.717, 1.165) is 40.8 Å². The minimum absolute atomic E-state index is 0.267. The fourth-order valence-electron chi connectivity index (χ4n) is 4.18. The molecule has 3 aromatic heterocycles. The van der Waals surface area contributed by atoms with Crippen LogP contribution in [-0.2, 0) is 6.42 Å². The first kappa shape index (κ1) is 16.8. The molecule has 0 saturated carbocycles. The van der Waals surface area contributed by atoms with Gasteiger partial charge in [0.25, 0.3) is 0 Å². The number of anilines is 2. The van der Waals surface area contributed by atoms with Gasteiger partial charge in [0, 0.05) is 28.9 Å². The van der Waals surface area contributed by atoms with Gasteiger partial charge in [0.15, 0.2) is 0 Å². The molecule has 3 heterocycles. The molecule has 0 radical (unpaired) electrons. The van der Waals surface area contributed by atoms with E-state index in [9.17, 15) is 0 Å². The largest absolute Gasteiger partial charge is 0.340 e. The smallest absolute Gasteiger partial charge is 0.204 e. The van der Waals surface area contributed by atoms with E-state index in [1.807, 2.05) is 36.7 Å². The fourth-order valence-corrected chi connectivity index (χ4v) is 4.18. The van der Waals surface area contributed by atoms with Gasteiger partial charge < -0.3 is 5.32 Å². The molecule has 30 heavy (non-hydrogen) atoms. The van der Waals surface area contributed by atoms with Crippen LogP contribution in [0, 0.1) is 0 Å². The highest BCUT2D eigenvalue weighted by atomic mass is 15.5. The van der Waals surface area contributed by atoms with Crippen LogP contribution in [0.15, 0.2) is 67.0 Å². The maximum Gasteiger partial charge on any atom is 0.204 e. The van der Waals surface area contributed by atoms with Crippen LogP contribution < -0.4 is 5.32 Å². The number of rotatable bonds is 4. The Hall–Kier alpha value is -4.07. The molecule has 8 heteroatoms. The van der Waals surface area contributed by atoms with Crippen molar-refractivity contribution in [3.05, 3.63) is 78.1 Å². The number of nitrogens with zero attached hydrogens (tertiary/aromatic N) is 6. The van der Waals surface area contributed by atoms with E-state index in [0.29, 0.717) is 5.82 Å². The number of hydrogen-bond donors (Lipinski definition) is 2. The van der Waals surface area contributed by atoms with E-state index in [-0.39, 0.29) is 6.04 Å². The van der Waals surface area contributed by atoms with E-state index in [4.69, 9.17) is 5.10 Å². The first-order valence-electron chi connectivity index (χ1n) is 9.87. The number of aromatic amines is 1. The van der Waals surface area contributed by atoms with Crippen molar-refractivity contribution in [2.75, 3.05) is 5.32 Å². The Morgan fingerprint density at radius 3 is 2.80 bits per heavy atom. The molecule has 0 amide bonds. The van der Waals surface area contributed by atoms with Crippen molar-refractivity contribution in [1.29, 1.82) is 0 Å². The van der Waals surface area contributed by atoms with Crippen molar-refractivity contribution in [3.63, 3.8) is 0 Å². The van der Waals surface area contributed by atoms with Gasteiger partial charge in [-0.15, -0.1) is 10.2 Å². The van der Waals surface area contributed by atoms with Crippen LogP contribution in [0.1, 0.15) is 23.6 Å². The monoisotopic (exact) mass is 394 g/mol. The second-order valence-corrected chi connectivity index (χ2v) is 7.41. The summed E-state index contributed by atoms with van der Waals surface area (Å²) in [6.07, 6.45) is 5.92. The summed E-state index contributed by atoms with van der Waals surface area (Å²) >= 11 is 0. The second-order valence-electron chi connectivity index (χ2n) is 7.41. The van der Waals surface area contributed by atoms with Crippen LogP contribution >= 0.6 is 0 Å². The van der Waals surface area contributed by atoms with Gasteiger partial charge in [-0.2, -0.15) is 10.3 Å². The van der Waals surface area contributed by atoms with E-state index < -0.39 is 0 Å². The number of nitrogens with one attached hydrogen (secondary N) is 2. The molecule has 6 rings (SSSR count). The van der Waals surface area contributed by atoms with Crippen molar-refractivity contribution in [2.24, 2.45) is 0 Å². The fraction of sp³-hybridized carbons (Fsp3) is 0.136. The summed E-state index contributed by atoms with van der Waals surface area (Å²) in [5, 5.41) is 23.2. The van der Waals surface area contributed by atoms with Gasteiger partial charge in [0.05, 0.1) is 17.8 Å². The molecular formula is C22H18N8. The van der Waals surface area contributed by atoms with E-state index in [1.165, 1.54) is 11.1 Å². The van der Waals surface area contributed by atoms with Crippen molar-refractivity contribution in [3.8, 4) is 11.4 Å². The van der Waals surface area contributed by atoms with Gasteiger partial charge in [-0.3, -0.25) is 4.68 Å². The predicted molar refractivity (Wildman–Crippen MR) is 113 cm³/mol. The SMILES string of the molecule is c1ccc2c(c1)CC[C@H]2n1ncc2cnc(Nc3ccc(-c4nn[nH]n4)cc3)cc21. The molecule has 0 spiro atoms. The Morgan fingerprint density at radius 2 is 1.93 bits per heavy atom. The third-order valence-electron chi connectivity index (χ3n) is 5.64. The van der Waals surface area contributed by atoms with Crippen molar-refractivity contribution >= 4 is 22.4 Å². The lowest BCUT2D eigenvalue weighted by Crippen LogP contribution is -2.09. The maximum atomic E-state index is 4.69. The van der Waals surface area contributed by atoms with Gasteiger partial charge in [0.2, 0.25) is 5.82 Å². The number of pyridine rings is 1. The minimum atomic E-state index is 0.267. The molecule has 5 aromatic rings. The highest BCUT2D eigenvalue weighted by molar-refractivity contribution is 5.81. The van der Waals surface area contributed by atoms with Gasteiger partial charge in [-0.25, -0.2) is 4.98 Å². The number of H-pyrrole nitrogens is 1. The number of hydrogen-bond acceptors (Lipinski definition) is 6. The van der Waals surface area contributed by atoms with Crippen LogP contribution in [-0.4, -0.2) is 35.4 Å². The predicted octanol–water partition coefficient (Wildman–Crippen LogP) is 3.89. The van der Waals surface area contributed by atoms with Crippen molar-refractivity contribution in [2.45, 2.75) is 18.9 Å². The summed E-state index contributed by atoms with van der Waals surface area (Å²) in [6.45, 7) is 0. The van der Waals surface area contributed by atoms with E-state index >= 15 is 0 Å². The lowest BCUT2D eigenvalue weighted by molar-refractivity contribution is 0.537. The standard InChI is InChI=1S/C22H18N8/c1-2-4-18-14(3-1)7-10-19(18)30-20-11-21(23-12-16(20)13-24-30)25-17-8-5-15(6-9-17)22-26-28-29-27-22/h1-6,8-9,11-13,19H,7,10H2,(H,23,25)(H,26,27,28,29)/t19-/m1/s1. The molecule has 0 fully saturated rings. The average molecular weight is 394 g/mol. The highest BCUT2D eigenvalue weighted by Gasteiger charge is 2.25. The Labute approximate surface area is 172 Å². The van der Waals surface area contributed by atoms with E-state index in [2.05, 4.69) is 65.9 Å². The first-order chi connectivity index (χ1) is 14.8. The van der Waals surface area contributed by atoms with Gasteiger partial charge in [-0.05, 0) is 53.4 Å². The summed E-state index contributed by atoms with van der Waals surface area (Å²) in [7, 11) is 0. The number of aromatic nitrogens is 7. The third kappa shape index (κ3) is 2.81. The summed E-state index contributed by atoms with van der Waals surface area (Å²) in [4.78, 5) is 4.55. The molecular weight excluding hydrogens is 376 g/mol. The molecule has 2 aromatic carbocycles. The van der Waals surface area contributed by atoms with Crippen LogP contribution in [0.2, 0.25) is 0 Å². The Balaban J connectivity index is 1.31. The topological polar surface area (TPSA) is 97.2 Å². The molecule has 146 valence electrons. The second kappa shape index (κ2) is 6.77. The zero-order valence-corrected chi connectivity index (χ0v) is 16.0. The maximum absolute atomic E-state index is 4.69. The van der Waals surface area contributed by atoms with Crippen LogP contribution in [0.25, 0.3) is 22.3 Å². The minimum Gasteiger partial charge on any atom is -0.340 e. The van der Waals surface area contributed by atoms with Crippen molar-refractivity contribution in [1.82, 2.24) is 35.4 Å². The summed E-state index contributed by atoms with van der Waals surface area (Å²) in [6, 6.07) is 18.8. The zero-order chi connectivity index (χ0) is 19.9. The van der Waals surface area contributed by atoms with Gasteiger partial charge in [-0.1, -0.05) is 24.3 Å². The van der Waals surface area contributed by atoms with Crippen molar-refractivity contribution < 1.29 is 0 Å². The molecule has 1 atom stereocenters. The summed E-state index contributed by atoms with van der Waals surface area (Å²) in [5.74, 6) is 1.35. The van der Waals surface area contributed by atoms with Gasteiger partial charge >= 0.3 is 0 Å². The Bertz CT molecular complexity index is 1320. The molecule has 0 aliphatic heterocycles. The highest BCUT2D eigenvalue weighted by Crippen LogP contribution is 2.36. The summed E-state index contributed by atoms with van der Waals surface area (Å²) in [5.41, 5.74) is 5.70. The Kier molecular flexibility index (Phi) is 3.80. The number of fused-ring (bicyclic) bond motifs is 2. The average Bonchev–Trinajstić information content (AvgIpc) is 3.53. The number of tetrazole rings is 1. The normalized spacial score (nSPS) is 15.4.